The van der Waals surface area contributed by atoms with Gasteiger partial charge in [0.1, 0.15) is 4.29 Å². The SMILES string of the molecule is Clc1ccc(C(Cl)Br)cc1. The van der Waals surface area contributed by atoms with E-state index in [1.165, 1.54) is 0 Å². The van der Waals surface area contributed by atoms with Crippen LogP contribution in [-0.4, -0.2) is 0 Å². The standard InChI is InChI=1S/C7H5BrCl2/c8-7(10)5-1-3-6(9)4-2-5/h1-4,7H. The van der Waals surface area contributed by atoms with Gasteiger partial charge in [0, 0.05) is 5.02 Å². The maximum Gasteiger partial charge on any atom is 0.113 e. The van der Waals surface area contributed by atoms with E-state index in [-0.39, 0.29) is 4.29 Å². The molecule has 1 rings (SSSR count). The van der Waals surface area contributed by atoms with Crippen molar-refractivity contribution in [1.29, 1.82) is 0 Å². The summed E-state index contributed by atoms with van der Waals surface area (Å²) in [6.45, 7) is 0. The van der Waals surface area contributed by atoms with Crippen LogP contribution in [0.3, 0.4) is 0 Å². The van der Waals surface area contributed by atoms with Crippen molar-refractivity contribution in [2.45, 2.75) is 4.29 Å². The molecule has 0 heterocycles. The van der Waals surface area contributed by atoms with E-state index in [1.807, 2.05) is 24.3 Å². The van der Waals surface area contributed by atoms with Crippen molar-refractivity contribution in [3.63, 3.8) is 0 Å². The van der Waals surface area contributed by atoms with Crippen LogP contribution >= 0.6 is 39.1 Å². The second-order valence-corrected chi connectivity index (χ2v) is 4.17. The maximum atomic E-state index is 5.73. The van der Waals surface area contributed by atoms with Gasteiger partial charge in [-0.05, 0) is 17.7 Å². The first kappa shape index (κ1) is 8.38. The molecule has 0 aliphatic carbocycles. The Bertz CT molecular complexity index is 205. The van der Waals surface area contributed by atoms with Crippen LogP contribution in [0.5, 0.6) is 0 Å². The first-order valence-corrected chi connectivity index (χ1v) is 4.47. The zero-order chi connectivity index (χ0) is 7.56. The fraction of sp³-hybridized carbons (Fsp3) is 0.143. The fourth-order valence-corrected chi connectivity index (χ4v) is 1.18. The van der Waals surface area contributed by atoms with E-state index in [2.05, 4.69) is 15.9 Å². The summed E-state index contributed by atoms with van der Waals surface area (Å²) in [5.74, 6) is 0. The van der Waals surface area contributed by atoms with Crippen LogP contribution in [-0.2, 0) is 0 Å². The van der Waals surface area contributed by atoms with E-state index in [0.29, 0.717) is 0 Å². The molecule has 10 heavy (non-hydrogen) atoms. The average Bonchev–Trinajstić information content (AvgIpc) is 1.88. The molecule has 1 atom stereocenters. The summed E-state index contributed by atoms with van der Waals surface area (Å²) >= 11 is 14.6. The summed E-state index contributed by atoms with van der Waals surface area (Å²) in [4.78, 5) is 0. The summed E-state index contributed by atoms with van der Waals surface area (Å²) < 4.78 is -0.121. The Morgan fingerprint density at radius 1 is 1.20 bits per heavy atom. The molecule has 0 saturated heterocycles. The molecule has 1 aromatic carbocycles. The normalized spacial score (nSPS) is 13.1. The molecule has 0 radical (unpaired) electrons. The Morgan fingerprint density at radius 2 is 1.70 bits per heavy atom. The van der Waals surface area contributed by atoms with Gasteiger partial charge in [-0.3, -0.25) is 0 Å². The zero-order valence-corrected chi connectivity index (χ0v) is 8.12. The molecule has 0 fully saturated rings. The molecule has 0 aliphatic heterocycles. The van der Waals surface area contributed by atoms with Crippen molar-refractivity contribution in [3.05, 3.63) is 34.9 Å². The van der Waals surface area contributed by atoms with Crippen LogP contribution in [0.4, 0.5) is 0 Å². The minimum absolute atomic E-state index is 0.121. The zero-order valence-electron chi connectivity index (χ0n) is 5.02. The summed E-state index contributed by atoms with van der Waals surface area (Å²) in [5.41, 5.74) is 1.02. The Hall–Kier alpha value is 0.280. The van der Waals surface area contributed by atoms with Crippen LogP contribution in [0.1, 0.15) is 9.85 Å². The Kier molecular flexibility index (Phi) is 3.02. The van der Waals surface area contributed by atoms with Gasteiger partial charge in [-0.25, -0.2) is 0 Å². The largest absolute Gasteiger partial charge is 0.113 e. The predicted molar refractivity (Wildman–Crippen MR) is 49.0 cm³/mol. The highest BCUT2D eigenvalue weighted by Crippen LogP contribution is 2.27. The number of halogens is 3. The number of hydrogen-bond donors (Lipinski definition) is 0. The third-order valence-electron chi connectivity index (χ3n) is 1.12. The maximum absolute atomic E-state index is 5.73. The molecule has 1 aromatic rings. The lowest BCUT2D eigenvalue weighted by atomic mass is 10.2. The monoisotopic (exact) mass is 238 g/mol. The van der Waals surface area contributed by atoms with Gasteiger partial charge in [0.05, 0.1) is 0 Å². The van der Waals surface area contributed by atoms with Gasteiger partial charge in [0.2, 0.25) is 0 Å². The van der Waals surface area contributed by atoms with Gasteiger partial charge in [0.15, 0.2) is 0 Å². The molecule has 0 saturated carbocycles. The summed E-state index contributed by atoms with van der Waals surface area (Å²) in [6, 6.07) is 7.39. The Balaban J connectivity index is 2.89. The lowest BCUT2D eigenvalue weighted by Gasteiger charge is -1.99. The second-order valence-electron chi connectivity index (χ2n) is 1.85. The Labute approximate surface area is 78.3 Å². The molecule has 54 valence electrons. The first-order valence-electron chi connectivity index (χ1n) is 2.74. The molecule has 0 amide bonds. The third-order valence-corrected chi connectivity index (χ3v) is 2.15. The van der Waals surface area contributed by atoms with Crippen molar-refractivity contribution in [2.75, 3.05) is 0 Å². The molecule has 0 bridgehead atoms. The van der Waals surface area contributed by atoms with E-state index in [9.17, 15) is 0 Å². The highest BCUT2D eigenvalue weighted by molar-refractivity contribution is 9.09. The van der Waals surface area contributed by atoms with Crippen LogP contribution in [0.2, 0.25) is 5.02 Å². The molecule has 1 unspecified atom stereocenters. The fourth-order valence-electron chi connectivity index (χ4n) is 0.608. The van der Waals surface area contributed by atoms with Crippen LogP contribution in [0.15, 0.2) is 24.3 Å². The average molecular weight is 240 g/mol. The first-order chi connectivity index (χ1) is 4.70. The minimum Gasteiger partial charge on any atom is -0.105 e. The Morgan fingerprint density at radius 3 is 2.10 bits per heavy atom. The summed E-state index contributed by atoms with van der Waals surface area (Å²) in [6.07, 6.45) is 0. The van der Waals surface area contributed by atoms with Crippen LogP contribution < -0.4 is 0 Å². The number of hydrogen-bond acceptors (Lipinski definition) is 0. The summed E-state index contributed by atoms with van der Waals surface area (Å²) in [7, 11) is 0. The molecule has 0 nitrogen and oxygen atoms in total. The van der Waals surface area contributed by atoms with Crippen molar-refractivity contribution >= 4 is 39.1 Å². The van der Waals surface area contributed by atoms with Gasteiger partial charge < -0.3 is 0 Å². The molecular weight excluding hydrogens is 235 g/mol. The van der Waals surface area contributed by atoms with Gasteiger partial charge in [-0.1, -0.05) is 39.7 Å². The van der Waals surface area contributed by atoms with Crippen LogP contribution in [0, 0.1) is 0 Å². The van der Waals surface area contributed by atoms with Gasteiger partial charge in [-0.2, -0.15) is 0 Å². The van der Waals surface area contributed by atoms with Gasteiger partial charge in [0.25, 0.3) is 0 Å². The highest BCUT2D eigenvalue weighted by atomic mass is 79.9. The third kappa shape index (κ3) is 2.15. The topological polar surface area (TPSA) is 0 Å². The van der Waals surface area contributed by atoms with E-state index < -0.39 is 0 Å². The highest BCUT2D eigenvalue weighted by Gasteiger charge is 2.00. The van der Waals surface area contributed by atoms with E-state index in [0.717, 1.165) is 10.6 Å². The molecular formula is C7H5BrCl2. The minimum atomic E-state index is -0.121. The van der Waals surface area contributed by atoms with Crippen LogP contribution in [0.25, 0.3) is 0 Å². The molecule has 0 aromatic heterocycles. The van der Waals surface area contributed by atoms with Crippen molar-refractivity contribution in [1.82, 2.24) is 0 Å². The van der Waals surface area contributed by atoms with Crippen molar-refractivity contribution in [2.24, 2.45) is 0 Å². The smallest absolute Gasteiger partial charge is 0.105 e. The molecule has 0 spiro atoms. The molecule has 3 heteroatoms. The second kappa shape index (κ2) is 3.61. The number of rotatable bonds is 1. The summed E-state index contributed by atoms with van der Waals surface area (Å²) in [5, 5.41) is 0.730. The number of alkyl halides is 2. The van der Waals surface area contributed by atoms with E-state index >= 15 is 0 Å². The van der Waals surface area contributed by atoms with Crippen molar-refractivity contribution < 1.29 is 0 Å². The predicted octanol–water partition coefficient (Wildman–Crippen LogP) is 3.97. The number of benzene rings is 1. The quantitative estimate of drug-likeness (QED) is 0.651. The lowest BCUT2D eigenvalue weighted by Crippen LogP contribution is -1.77. The lowest BCUT2D eigenvalue weighted by molar-refractivity contribution is 1.39. The molecule has 0 aliphatic rings. The molecule has 0 N–H and O–H groups in total. The van der Waals surface area contributed by atoms with E-state index in [4.69, 9.17) is 23.2 Å². The van der Waals surface area contributed by atoms with Gasteiger partial charge in [-0.15, -0.1) is 11.6 Å². The van der Waals surface area contributed by atoms with E-state index in [1.54, 1.807) is 0 Å². The van der Waals surface area contributed by atoms with Crippen molar-refractivity contribution in [3.8, 4) is 0 Å². The van der Waals surface area contributed by atoms with Gasteiger partial charge >= 0.3 is 0 Å².